The van der Waals surface area contributed by atoms with Gasteiger partial charge in [-0.1, -0.05) is 55.1 Å². The maximum absolute atomic E-state index is 15.6. The lowest BCUT2D eigenvalue weighted by Crippen LogP contribution is -2.64. The van der Waals surface area contributed by atoms with Gasteiger partial charge in [0, 0.05) is 41.6 Å². The summed E-state index contributed by atoms with van der Waals surface area (Å²) in [6.45, 7) is 10.1. The Hall–Kier alpha value is -3.03. The molecule has 33 heavy (non-hydrogen) atoms. The van der Waals surface area contributed by atoms with Gasteiger partial charge in [0.2, 0.25) is 5.91 Å². The van der Waals surface area contributed by atoms with Crippen molar-refractivity contribution in [2.75, 3.05) is 6.54 Å². The third kappa shape index (κ3) is 4.56. The van der Waals surface area contributed by atoms with Crippen LogP contribution in [0.1, 0.15) is 18.9 Å². The monoisotopic (exact) mass is 483 g/mol. The average Bonchev–Trinajstić information content (AvgIpc) is 2.80. The molecule has 1 amide bonds. The summed E-state index contributed by atoms with van der Waals surface area (Å²) in [5.41, 5.74) is 0.972. The van der Waals surface area contributed by atoms with Gasteiger partial charge < -0.3 is 15.3 Å². The van der Waals surface area contributed by atoms with Crippen LogP contribution in [0.4, 0.5) is 4.39 Å². The van der Waals surface area contributed by atoms with E-state index in [1.54, 1.807) is 12.1 Å². The quantitative estimate of drug-likeness (QED) is 0.409. The summed E-state index contributed by atoms with van der Waals surface area (Å²) in [7, 11) is 0. The zero-order valence-electron chi connectivity index (χ0n) is 18.0. The molecule has 1 heterocycles. The molecule has 1 aliphatic heterocycles. The maximum Gasteiger partial charge on any atom is 0.243 e. The summed E-state index contributed by atoms with van der Waals surface area (Å²) in [6.07, 6.45) is 3.21. The van der Waals surface area contributed by atoms with Crippen LogP contribution in [0.5, 0.6) is 5.75 Å². The van der Waals surface area contributed by atoms with Crippen molar-refractivity contribution in [3.05, 3.63) is 83.2 Å². The Morgan fingerprint density at radius 3 is 2.88 bits per heavy atom. The number of nitrogens with zero attached hydrogens (tertiary/aromatic N) is 2. The summed E-state index contributed by atoms with van der Waals surface area (Å²) < 4.78 is 20.0. The molecule has 0 saturated carbocycles. The van der Waals surface area contributed by atoms with Gasteiger partial charge in [-0.2, -0.15) is 0 Å². The number of fused-ring (bicyclic) bond motifs is 1. The number of carbonyl (C=O) groups excluding carboxylic acids is 1. The highest BCUT2D eigenvalue weighted by Gasteiger charge is 2.37. The first-order valence-corrected chi connectivity index (χ1v) is 11.6. The number of rotatable bonds is 6. The van der Waals surface area contributed by atoms with Crippen LogP contribution in [0.3, 0.4) is 0 Å². The van der Waals surface area contributed by atoms with E-state index in [-0.39, 0.29) is 46.5 Å². The second kappa shape index (κ2) is 9.45. The molecule has 2 unspecified atom stereocenters. The van der Waals surface area contributed by atoms with Crippen molar-refractivity contribution >= 4 is 51.5 Å². The van der Waals surface area contributed by atoms with Crippen molar-refractivity contribution in [2.24, 2.45) is 4.40 Å². The molecule has 0 radical (unpaired) electrons. The highest BCUT2D eigenvalue weighted by Crippen LogP contribution is 2.41. The molecule has 170 valence electrons. The highest BCUT2D eigenvalue weighted by molar-refractivity contribution is 8.01. The fourth-order valence-electron chi connectivity index (χ4n) is 3.96. The maximum atomic E-state index is 15.6. The molecule has 5 nitrogen and oxygen atoms in total. The van der Waals surface area contributed by atoms with Gasteiger partial charge in [-0.05, 0) is 41.5 Å². The lowest BCUT2D eigenvalue weighted by atomic mass is 9.92. The van der Waals surface area contributed by atoms with Gasteiger partial charge in [0.15, 0.2) is 5.83 Å². The summed E-state index contributed by atoms with van der Waals surface area (Å²) in [5.74, 6) is -0.702. The lowest BCUT2D eigenvalue weighted by molar-refractivity contribution is -0.118. The van der Waals surface area contributed by atoms with Crippen LogP contribution in [-0.2, 0) is 4.79 Å². The van der Waals surface area contributed by atoms with Gasteiger partial charge in [-0.3, -0.25) is 4.79 Å². The van der Waals surface area contributed by atoms with Gasteiger partial charge in [-0.25, -0.2) is 8.79 Å². The number of phenolic OH excluding ortho intramolecular Hbond substituents is 1. The molecule has 0 spiro atoms. The number of benzene rings is 2. The molecule has 1 saturated heterocycles. The summed E-state index contributed by atoms with van der Waals surface area (Å²) in [6, 6.07) is 10.6. The number of hydrogen-bond acceptors (Lipinski definition) is 5. The van der Waals surface area contributed by atoms with E-state index in [1.807, 2.05) is 36.1 Å². The first-order chi connectivity index (χ1) is 15.8. The van der Waals surface area contributed by atoms with Crippen molar-refractivity contribution in [3.63, 3.8) is 0 Å². The predicted molar refractivity (Wildman–Crippen MR) is 135 cm³/mol. The fourth-order valence-corrected chi connectivity index (χ4v) is 4.94. The summed E-state index contributed by atoms with van der Waals surface area (Å²) >= 11 is 7.51. The third-order valence-electron chi connectivity index (χ3n) is 5.86. The fraction of sp³-hybridized carbons (Fsp3) is 0.200. The Morgan fingerprint density at radius 2 is 2.15 bits per heavy atom. The normalized spacial score (nSPS) is 21.6. The Balaban J connectivity index is 1.57. The Morgan fingerprint density at radius 1 is 1.39 bits per heavy atom. The van der Waals surface area contributed by atoms with Gasteiger partial charge in [0.25, 0.3) is 0 Å². The van der Waals surface area contributed by atoms with E-state index in [9.17, 15) is 9.90 Å². The van der Waals surface area contributed by atoms with Crippen LogP contribution >= 0.6 is 23.5 Å². The Labute approximate surface area is 201 Å². The zero-order chi connectivity index (χ0) is 23.7. The average molecular weight is 484 g/mol. The standard InChI is InChI=1S/C25H23ClFN3O2S/c1-4-23(32)28-22-13-30(14(22)2)15(3)33-29-21-10-9-20(26)24(25(21)27)19-12-17(31)11-16-7-5-6-8-18(16)19/h4-9,11-12,14,22,31H,1,3,10,13H2,2H3,(H,28,32)/b29-21+. The van der Waals surface area contributed by atoms with Crippen molar-refractivity contribution in [2.45, 2.75) is 25.4 Å². The van der Waals surface area contributed by atoms with Crippen LogP contribution < -0.4 is 5.32 Å². The lowest BCUT2D eigenvalue weighted by Gasteiger charge is -2.48. The number of halogens is 2. The number of nitrogens with one attached hydrogen (secondary N) is 1. The molecular weight excluding hydrogens is 461 g/mol. The first kappa shape index (κ1) is 23.1. The smallest absolute Gasteiger partial charge is 0.243 e. The van der Waals surface area contributed by atoms with Gasteiger partial charge in [0.05, 0.1) is 16.8 Å². The molecule has 2 N–H and O–H groups in total. The van der Waals surface area contributed by atoms with Crippen molar-refractivity contribution in [1.29, 1.82) is 0 Å². The summed E-state index contributed by atoms with van der Waals surface area (Å²) in [4.78, 5) is 13.5. The van der Waals surface area contributed by atoms with E-state index in [1.165, 1.54) is 12.1 Å². The van der Waals surface area contributed by atoms with Crippen LogP contribution in [0.2, 0.25) is 0 Å². The number of allylic oxidation sites excluding steroid dienone is 4. The van der Waals surface area contributed by atoms with Crippen molar-refractivity contribution in [3.8, 4) is 5.75 Å². The molecule has 8 heteroatoms. The van der Waals surface area contributed by atoms with E-state index in [0.717, 1.165) is 22.7 Å². The number of carbonyl (C=O) groups is 1. The van der Waals surface area contributed by atoms with Crippen LogP contribution in [0.25, 0.3) is 16.3 Å². The van der Waals surface area contributed by atoms with E-state index in [2.05, 4.69) is 22.9 Å². The number of amides is 1. The highest BCUT2D eigenvalue weighted by atomic mass is 35.5. The molecule has 2 aromatic carbocycles. The molecule has 2 aromatic rings. The molecule has 2 aliphatic rings. The van der Waals surface area contributed by atoms with Crippen LogP contribution in [0.15, 0.2) is 82.0 Å². The van der Waals surface area contributed by atoms with Crippen LogP contribution in [-0.4, -0.2) is 40.3 Å². The zero-order valence-corrected chi connectivity index (χ0v) is 19.6. The largest absolute Gasteiger partial charge is 0.508 e. The van der Waals surface area contributed by atoms with Crippen molar-refractivity contribution < 1.29 is 14.3 Å². The third-order valence-corrected chi connectivity index (χ3v) is 6.96. The SMILES string of the molecule is C=CC(=O)NC1CN(C(=C)S/N=C2\CC=C(Cl)C(c3cc(O)cc4ccccc34)=C2F)C1C. The molecule has 1 aliphatic carbocycles. The second-order valence-corrected chi connectivity index (χ2v) is 9.14. The number of hydrogen-bond donors (Lipinski definition) is 2. The van der Waals surface area contributed by atoms with E-state index >= 15 is 4.39 Å². The molecule has 4 rings (SSSR count). The number of aromatic hydroxyl groups is 1. The molecule has 0 aromatic heterocycles. The van der Waals surface area contributed by atoms with Gasteiger partial charge in [-0.15, -0.1) is 0 Å². The minimum atomic E-state index is -0.522. The first-order valence-electron chi connectivity index (χ1n) is 10.4. The Bertz CT molecular complexity index is 1250. The number of phenols is 1. The Kier molecular flexibility index (Phi) is 6.63. The molecule has 0 bridgehead atoms. The summed E-state index contributed by atoms with van der Waals surface area (Å²) in [5, 5.41) is 15.6. The van der Waals surface area contributed by atoms with Crippen molar-refractivity contribution in [1.82, 2.24) is 10.2 Å². The minimum Gasteiger partial charge on any atom is -0.508 e. The predicted octanol–water partition coefficient (Wildman–Crippen LogP) is 5.69. The topological polar surface area (TPSA) is 64.9 Å². The van der Waals surface area contributed by atoms with Crippen LogP contribution in [0, 0.1) is 0 Å². The van der Waals surface area contributed by atoms with E-state index < -0.39 is 5.83 Å². The minimum absolute atomic E-state index is 0.000743. The molecular formula is C25H23ClFN3O2S. The second-order valence-electron chi connectivity index (χ2n) is 7.89. The van der Waals surface area contributed by atoms with Gasteiger partial charge >= 0.3 is 0 Å². The van der Waals surface area contributed by atoms with E-state index in [4.69, 9.17) is 11.6 Å². The van der Waals surface area contributed by atoms with E-state index in [0.29, 0.717) is 17.1 Å². The number of likely N-dealkylation sites (tertiary alicyclic amines) is 1. The molecule has 2 atom stereocenters. The molecule has 1 fully saturated rings. The van der Waals surface area contributed by atoms with Gasteiger partial charge in [0.1, 0.15) is 5.75 Å².